The van der Waals surface area contributed by atoms with E-state index >= 15 is 0 Å². The zero-order valence-corrected chi connectivity index (χ0v) is 12.4. The van der Waals surface area contributed by atoms with Crippen LogP contribution in [-0.4, -0.2) is 32.0 Å². The molecule has 3 rings (SSSR count). The Morgan fingerprint density at radius 2 is 2.00 bits per heavy atom. The number of aromatic nitrogens is 3. The third-order valence-electron chi connectivity index (χ3n) is 3.83. The summed E-state index contributed by atoms with van der Waals surface area (Å²) in [6.45, 7) is 3.83. The average molecular weight is 307 g/mol. The maximum absolute atomic E-state index is 12.1. The van der Waals surface area contributed by atoms with Gasteiger partial charge in [-0.05, 0) is 25.7 Å². The molecule has 2 N–H and O–H groups in total. The molecule has 22 heavy (non-hydrogen) atoms. The van der Waals surface area contributed by atoms with Gasteiger partial charge in [-0.15, -0.1) is 20.4 Å². The fraction of sp³-hybridized carbons (Fsp3) is 0.615. The van der Waals surface area contributed by atoms with Crippen molar-refractivity contribution in [2.45, 2.75) is 45.3 Å². The number of nitrogens with zero attached hydrogens (tertiary/aromatic N) is 4. The first kappa shape index (κ1) is 14.5. The predicted octanol–water partition coefficient (Wildman–Crippen LogP) is 2.40. The number of nitrogens with one attached hydrogen (secondary N) is 1. The van der Waals surface area contributed by atoms with Crippen LogP contribution in [0.15, 0.2) is 21.9 Å². The van der Waals surface area contributed by atoms with Crippen LogP contribution in [0.4, 0.5) is 5.95 Å². The molecule has 0 radical (unpaired) electrons. The predicted molar refractivity (Wildman–Crippen MR) is 72.8 cm³/mol. The molecule has 0 aromatic carbocycles. The smallest absolute Gasteiger partial charge is 0.369 e. The van der Waals surface area contributed by atoms with Crippen LogP contribution in [0, 0.1) is 12.8 Å². The number of aliphatic hydroxyl groups is 1. The Labute approximate surface area is 126 Å². The molecule has 1 aromatic rings. The summed E-state index contributed by atoms with van der Waals surface area (Å²) in [5, 5.41) is 24.7. The average Bonchev–Trinajstić information content (AvgIpc) is 2.87. The van der Waals surface area contributed by atoms with Crippen LogP contribution in [0.1, 0.15) is 38.4 Å². The van der Waals surface area contributed by atoms with Crippen molar-refractivity contribution in [3.8, 4) is 0 Å². The largest absolute Gasteiger partial charge is 0.479 e. The minimum absolute atomic E-state index is 0.123. The van der Waals surface area contributed by atoms with E-state index in [0.717, 1.165) is 12.8 Å². The number of ether oxygens (including phenoxy) is 2. The van der Waals surface area contributed by atoms with Gasteiger partial charge in [-0.2, -0.15) is 0 Å². The molecular weight excluding hydrogens is 290 g/mol. The number of carbonyl (C=O) groups excluding carboxylic acids is 1. The Hall–Kier alpha value is -2.45. The Morgan fingerprint density at radius 3 is 2.59 bits per heavy atom. The molecule has 0 unspecified atom stereocenters. The van der Waals surface area contributed by atoms with Gasteiger partial charge < -0.3 is 19.6 Å². The van der Waals surface area contributed by atoms with Crippen molar-refractivity contribution in [2.75, 3.05) is 0 Å². The maximum atomic E-state index is 12.1. The van der Waals surface area contributed by atoms with E-state index in [1.165, 1.54) is 0 Å². The molecule has 1 aromatic heterocycles. The number of carbonyl (C=O) groups is 1. The Balaban J connectivity index is 1.78. The summed E-state index contributed by atoms with van der Waals surface area (Å²) in [5.41, 5.74) is -0.377. The van der Waals surface area contributed by atoms with Crippen molar-refractivity contribution in [1.29, 1.82) is 0 Å². The van der Waals surface area contributed by atoms with Crippen LogP contribution in [0.25, 0.3) is 0 Å². The first-order chi connectivity index (χ1) is 10.5. The van der Waals surface area contributed by atoms with E-state index in [0.29, 0.717) is 24.6 Å². The fourth-order valence-corrected chi connectivity index (χ4v) is 2.52. The number of rotatable bonds is 2. The molecule has 2 heterocycles. The van der Waals surface area contributed by atoms with Crippen LogP contribution < -0.4 is 0 Å². The molecule has 2 aliphatic rings. The zero-order chi connectivity index (χ0) is 15.7. The Bertz CT molecular complexity index is 643. The number of hydrogen-bond acceptors (Lipinski definition) is 8. The SMILES string of the molecule is Cc1nnc(N=NC2=C(O)OC3(CCC(C)CC3)OC2=O)[nH]1. The maximum Gasteiger partial charge on any atom is 0.369 e. The summed E-state index contributed by atoms with van der Waals surface area (Å²) >= 11 is 0. The lowest BCUT2D eigenvalue weighted by atomic mass is 9.86. The van der Waals surface area contributed by atoms with Gasteiger partial charge in [0.25, 0.3) is 17.4 Å². The van der Waals surface area contributed by atoms with Crippen molar-refractivity contribution in [1.82, 2.24) is 15.2 Å². The molecule has 0 amide bonds. The van der Waals surface area contributed by atoms with Crippen molar-refractivity contribution >= 4 is 11.9 Å². The van der Waals surface area contributed by atoms with Crippen LogP contribution in [0.3, 0.4) is 0 Å². The molecule has 9 heteroatoms. The number of hydrogen-bond donors (Lipinski definition) is 2. The molecule has 118 valence electrons. The van der Waals surface area contributed by atoms with Gasteiger partial charge in [0, 0.05) is 12.8 Å². The molecule has 1 fully saturated rings. The lowest BCUT2D eigenvalue weighted by Crippen LogP contribution is -2.44. The second-order valence-electron chi connectivity index (χ2n) is 5.67. The number of aromatic amines is 1. The van der Waals surface area contributed by atoms with Crippen molar-refractivity contribution in [3.63, 3.8) is 0 Å². The molecule has 1 saturated carbocycles. The monoisotopic (exact) mass is 307 g/mol. The van der Waals surface area contributed by atoms with Gasteiger partial charge in [-0.3, -0.25) is 0 Å². The quantitative estimate of drug-likeness (QED) is 0.639. The van der Waals surface area contributed by atoms with E-state index in [4.69, 9.17) is 9.47 Å². The summed E-state index contributed by atoms with van der Waals surface area (Å²) in [7, 11) is 0. The van der Waals surface area contributed by atoms with Crippen LogP contribution >= 0.6 is 0 Å². The van der Waals surface area contributed by atoms with Gasteiger partial charge in [0.2, 0.25) is 0 Å². The van der Waals surface area contributed by atoms with E-state index in [2.05, 4.69) is 32.3 Å². The van der Waals surface area contributed by atoms with Gasteiger partial charge >= 0.3 is 11.9 Å². The van der Waals surface area contributed by atoms with Crippen molar-refractivity contribution < 1.29 is 19.4 Å². The minimum atomic E-state index is -1.07. The normalized spacial score (nSPS) is 29.0. The number of azo groups is 1. The highest BCUT2D eigenvalue weighted by Gasteiger charge is 2.46. The van der Waals surface area contributed by atoms with E-state index in [1.54, 1.807) is 6.92 Å². The third-order valence-corrected chi connectivity index (χ3v) is 3.83. The van der Waals surface area contributed by atoms with E-state index < -0.39 is 17.7 Å². The summed E-state index contributed by atoms with van der Waals surface area (Å²) < 4.78 is 10.8. The molecule has 0 atom stereocenters. The van der Waals surface area contributed by atoms with Gasteiger partial charge in [-0.25, -0.2) is 4.79 Å². The molecule has 1 aliphatic carbocycles. The van der Waals surface area contributed by atoms with Crippen molar-refractivity contribution in [3.05, 3.63) is 17.5 Å². The highest BCUT2D eigenvalue weighted by atomic mass is 16.8. The topological polar surface area (TPSA) is 122 Å². The zero-order valence-electron chi connectivity index (χ0n) is 12.4. The summed E-state index contributed by atoms with van der Waals surface area (Å²) in [6, 6.07) is 0. The lowest BCUT2D eigenvalue weighted by Gasteiger charge is -2.39. The molecule has 9 nitrogen and oxygen atoms in total. The minimum Gasteiger partial charge on any atom is -0.479 e. The lowest BCUT2D eigenvalue weighted by molar-refractivity contribution is -0.252. The first-order valence-electron chi connectivity index (χ1n) is 7.14. The summed E-state index contributed by atoms with van der Waals surface area (Å²) in [5.74, 6) is -1.16. The second kappa shape index (κ2) is 5.39. The molecule has 0 bridgehead atoms. The number of esters is 1. The summed E-state index contributed by atoms with van der Waals surface area (Å²) in [4.78, 5) is 14.8. The van der Waals surface area contributed by atoms with Crippen LogP contribution in [-0.2, 0) is 14.3 Å². The highest BCUT2D eigenvalue weighted by molar-refractivity contribution is 5.89. The van der Waals surface area contributed by atoms with Gasteiger partial charge in [-0.1, -0.05) is 6.92 Å². The van der Waals surface area contributed by atoms with Crippen LogP contribution in [0.5, 0.6) is 0 Å². The number of aliphatic hydroxyl groups excluding tert-OH is 1. The van der Waals surface area contributed by atoms with Gasteiger partial charge in [0.1, 0.15) is 5.82 Å². The summed E-state index contributed by atoms with van der Waals surface area (Å²) in [6.07, 6.45) is 2.84. The Kier molecular flexibility index (Phi) is 3.55. The highest BCUT2D eigenvalue weighted by Crippen LogP contribution is 2.40. The third kappa shape index (κ3) is 2.78. The van der Waals surface area contributed by atoms with E-state index in [1.807, 2.05) is 0 Å². The molecular formula is C13H17N5O4. The second-order valence-corrected chi connectivity index (χ2v) is 5.67. The number of aryl methyl sites for hydroxylation is 1. The first-order valence-corrected chi connectivity index (χ1v) is 7.14. The molecule has 1 aliphatic heterocycles. The van der Waals surface area contributed by atoms with Crippen molar-refractivity contribution in [2.24, 2.45) is 16.1 Å². The van der Waals surface area contributed by atoms with Crippen LogP contribution in [0.2, 0.25) is 0 Å². The molecule has 0 saturated heterocycles. The van der Waals surface area contributed by atoms with E-state index in [9.17, 15) is 9.90 Å². The van der Waals surface area contributed by atoms with Gasteiger partial charge in [0.15, 0.2) is 0 Å². The number of H-pyrrole nitrogens is 1. The fourth-order valence-electron chi connectivity index (χ4n) is 2.52. The standard InChI is InChI=1S/C13H17N5O4/c1-7-3-5-13(6-4-7)21-10(19)9(11(20)22-13)16-18-12-14-8(2)15-17-12/h7,19H,3-6H2,1-2H3,(H,14,15,17). The molecule has 1 spiro atoms. The Morgan fingerprint density at radius 1 is 1.27 bits per heavy atom. The van der Waals surface area contributed by atoms with Gasteiger partial charge in [0.05, 0.1) is 0 Å². The van der Waals surface area contributed by atoms with E-state index in [-0.39, 0.29) is 11.6 Å².